The maximum atomic E-state index is 13.0. The zero-order chi connectivity index (χ0) is 21.6. The number of furan rings is 1. The van der Waals surface area contributed by atoms with E-state index < -0.39 is 0 Å². The van der Waals surface area contributed by atoms with Gasteiger partial charge in [0.2, 0.25) is 0 Å². The third kappa shape index (κ3) is 4.61. The predicted octanol–water partition coefficient (Wildman–Crippen LogP) is 4.14. The average Bonchev–Trinajstić information content (AvgIpc) is 3.48. The molecule has 2 aromatic heterocycles. The van der Waals surface area contributed by atoms with Crippen LogP contribution < -0.4 is 14.8 Å². The van der Waals surface area contributed by atoms with Crippen LogP contribution in [0.3, 0.4) is 0 Å². The van der Waals surface area contributed by atoms with Crippen molar-refractivity contribution < 1.29 is 18.7 Å². The molecule has 0 unspecified atom stereocenters. The standard InChI is InChI=1S/C24H23N3O4/c1-29-21-11-10-18(13-22(21)30-2)23-20(24(28)25-14-19-9-6-12-31-19)16-27(26-23)15-17-7-4-3-5-8-17/h3-13,16H,14-15H2,1-2H3,(H,25,28). The molecular formula is C24H23N3O4. The lowest BCUT2D eigenvalue weighted by atomic mass is 10.1. The van der Waals surface area contributed by atoms with E-state index in [0.29, 0.717) is 41.6 Å². The second-order valence-electron chi connectivity index (χ2n) is 6.91. The molecular weight excluding hydrogens is 394 g/mol. The first-order valence-electron chi connectivity index (χ1n) is 9.82. The number of rotatable bonds is 8. The normalized spacial score (nSPS) is 10.6. The minimum Gasteiger partial charge on any atom is -0.493 e. The van der Waals surface area contributed by atoms with Gasteiger partial charge in [-0.2, -0.15) is 5.10 Å². The first-order valence-corrected chi connectivity index (χ1v) is 9.82. The fraction of sp³-hybridized carbons (Fsp3) is 0.167. The lowest BCUT2D eigenvalue weighted by molar-refractivity contribution is 0.0948. The van der Waals surface area contributed by atoms with Crippen LogP contribution in [0.5, 0.6) is 11.5 Å². The molecule has 0 aliphatic rings. The molecule has 0 aliphatic heterocycles. The van der Waals surface area contributed by atoms with Crippen LogP contribution in [-0.4, -0.2) is 29.9 Å². The van der Waals surface area contributed by atoms with Crippen molar-refractivity contribution in [2.75, 3.05) is 14.2 Å². The van der Waals surface area contributed by atoms with Gasteiger partial charge in [-0.05, 0) is 35.9 Å². The number of hydrogen-bond donors (Lipinski definition) is 1. The molecule has 158 valence electrons. The van der Waals surface area contributed by atoms with Gasteiger partial charge < -0.3 is 19.2 Å². The number of ether oxygens (including phenoxy) is 2. The average molecular weight is 417 g/mol. The lowest BCUT2D eigenvalue weighted by Gasteiger charge is -2.09. The number of carbonyl (C=O) groups is 1. The fourth-order valence-corrected chi connectivity index (χ4v) is 3.31. The summed E-state index contributed by atoms with van der Waals surface area (Å²) in [5.74, 6) is 1.62. The van der Waals surface area contributed by atoms with Crippen molar-refractivity contribution in [2.45, 2.75) is 13.1 Å². The summed E-state index contributed by atoms with van der Waals surface area (Å²) in [5, 5.41) is 7.61. The Hall–Kier alpha value is -4.00. The lowest BCUT2D eigenvalue weighted by Crippen LogP contribution is -2.22. The molecule has 1 N–H and O–H groups in total. The molecule has 4 rings (SSSR count). The zero-order valence-corrected chi connectivity index (χ0v) is 17.4. The number of methoxy groups -OCH3 is 2. The SMILES string of the molecule is COc1ccc(-c2nn(Cc3ccccc3)cc2C(=O)NCc2ccco2)cc1OC. The summed E-state index contributed by atoms with van der Waals surface area (Å²) in [5.41, 5.74) is 2.88. The Morgan fingerprint density at radius 3 is 2.55 bits per heavy atom. The molecule has 0 radical (unpaired) electrons. The van der Waals surface area contributed by atoms with Crippen LogP contribution in [0.2, 0.25) is 0 Å². The summed E-state index contributed by atoms with van der Waals surface area (Å²) >= 11 is 0. The smallest absolute Gasteiger partial charge is 0.255 e. The fourth-order valence-electron chi connectivity index (χ4n) is 3.31. The van der Waals surface area contributed by atoms with Crippen molar-refractivity contribution in [3.05, 3.63) is 90.0 Å². The minimum atomic E-state index is -0.236. The second kappa shape index (κ2) is 9.21. The number of aromatic nitrogens is 2. The number of benzene rings is 2. The highest BCUT2D eigenvalue weighted by Gasteiger charge is 2.20. The van der Waals surface area contributed by atoms with E-state index in [1.165, 1.54) is 0 Å². The van der Waals surface area contributed by atoms with Gasteiger partial charge in [-0.1, -0.05) is 30.3 Å². The molecule has 4 aromatic rings. The predicted molar refractivity (Wildman–Crippen MR) is 116 cm³/mol. The highest BCUT2D eigenvalue weighted by Crippen LogP contribution is 2.33. The quantitative estimate of drug-likeness (QED) is 0.466. The Bertz CT molecular complexity index is 1150. The van der Waals surface area contributed by atoms with Crippen molar-refractivity contribution in [3.63, 3.8) is 0 Å². The van der Waals surface area contributed by atoms with Crippen molar-refractivity contribution in [1.82, 2.24) is 15.1 Å². The summed E-state index contributed by atoms with van der Waals surface area (Å²) in [6.07, 6.45) is 3.34. The molecule has 0 saturated heterocycles. The Morgan fingerprint density at radius 2 is 1.84 bits per heavy atom. The topological polar surface area (TPSA) is 78.5 Å². The van der Waals surface area contributed by atoms with Gasteiger partial charge >= 0.3 is 0 Å². The van der Waals surface area contributed by atoms with Gasteiger partial charge in [0, 0.05) is 11.8 Å². The number of nitrogens with zero attached hydrogens (tertiary/aromatic N) is 2. The van der Waals surface area contributed by atoms with Gasteiger partial charge in [0.25, 0.3) is 5.91 Å². The molecule has 0 saturated carbocycles. The third-order valence-corrected chi connectivity index (χ3v) is 4.85. The van der Waals surface area contributed by atoms with E-state index >= 15 is 0 Å². The molecule has 0 bridgehead atoms. The number of hydrogen-bond acceptors (Lipinski definition) is 5. The summed E-state index contributed by atoms with van der Waals surface area (Å²) in [7, 11) is 3.16. The molecule has 2 heterocycles. The second-order valence-corrected chi connectivity index (χ2v) is 6.91. The molecule has 7 nitrogen and oxygen atoms in total. The Kier molecular flexibility index (Phi) is 6.03. The zero-order valence-electron chi connectivity index (χ0n) is 17.4. The first kappa shape index (κ1) is 20.3. The highest BCUT2D eigenvalue weighted by atomic mass is 16.5. The van der Waals surface area contributed by atoms with Crippen LogP contribution in [0.15, 0.2) is 77.5 Å². The van der Waals surface area contributed by atoms with Crippen LogP contribution in [0, 0.1) is 0 Å². The molecule has 1 amide bonds. The summed E-state index contributed by atoms with van der Waals surface area (Å²) in [6, 6.07) is 19.0. The number of carbonyl (C=O) groups excluding carboxylic acids is 1. The maximum Gasteiger partial charge on any atom is 0.255 e. The van der Waals surface area contributed by atoms with Crippen molar-refractivity contribution >= 4 is 5.91 Å². The summed E-state index contributed by atoms with van der Waals surface area (Å²) < 4.78 is 17.8. The van der Waals surface area contributed by atoms with Gasteiger partial charge in [-0.15, -0.1) is 0 Å². The van der Waals surface area contributed by atoms with Crippen LogP contribution in [0.25, 0.3) is 11.3 Å². The van der Waals surface area contributed by atoms with Gasteiger partial charge in [0.15, 0.2) is 11.5 Å². The van der Waals surface area contributed by atoms with Crippen molar-refractivity contribution in [3.8, 4) is 22.8 Å². The van der Waals surface area contributed by atoms with E-state index in [4.69, 9.17) is 19.0 Å². The van der Waals surface area contributed by atoms with E-state index in [1.54, 1.807) is 43.5 Å². The van der Waals surface area contributed by atoms with E-state index in [2.05, 4.69) is 5.32 Å². The Balaban J connectivity index is 1.68. The highest BCUT2D eigenvalue weighted by molar-refractivity contribution is 5.99. The molecule has 2 aromatic carbocycles. The largest absolute Gasteiger partial charge is 0.493 e. The summed E-state index contributed by atoms with van der Waals surface area (Å²) in [6.45, 7) is 0.841. The van der Waals surface area contributed by atoms with Gasteiger partial charge in [0.1, 0.15) is 11.5 Å². The summed E-state index contributed by atoms with van der Waals surface area (Å²) in [4.78, 5) is 13.0. The van der Waals surface area contributed by atoms with E-state index in [0.717, 1.165) is 11.1 Å². The minimum absolute atomic E-state index is 0.236. The molecule has 0 aliphatic carbocycles. The number of amides is 1. The van der Waals surface area contributed by atoms with Gasteiger partial charge in [-0.25, -0.2) is 0 Å². The van der Waals surface area contributed by atoms with Crippen molar-refractivity contribution in [2.24, 2.45) is 0 Å². The van der Waals surface area contributed by atoms with Crippen LogP contribution in [-0.2, 0) is 13.1 Å². The molecule has 0 atom stereocenters. The van der Waals surface area contributed by atoms with E-state index in [-0.39, 0.29) is 5.91 Å². The van der Waals surface area contributed by atoms with E-state index in [9.17, 15) is 4.79 Å². The first-order chi connectivity index (χ1) is 15.2. The molecule has 0 spiro atoms. The third-order valence-electron chi connectivity index (χ3n) is 4.85. The maximum absolute atomic E-state index is 13.0. The van der Waals surface area contributed by atoms with Gasteiger partial charge in [0.05, 0.1) is 39.1 Å². The molecule has 0 fully saturated rings. The monoisotopic (exact) mass is 417 g/mol. The molecule has 7 heteroatoms. The van der Waals surface area contributed by atoms with E-state index in [1.807, 2.05) is 48.5 Å². The molecule has 31 heavy (non-hydrogen) atoms. The Labute approximate surface area is 180 Å². The van der Waals surface area contributed by atoms with Crippen LogP contribution in [0.1, 0.15) is 21.7 Å². The van der Waals surface area contributed by atoms with Crippen LogP contribution in [0.4, 0.5) is 0 Å². The number of nitrogens with one attached hydrogen (secondary N) is 1. The van der Waals surface area contributed by atoms with Crippen molar-refractivity contribution in [1.29, 1.82) is 0 Å². The van der Waals surface area contributed by atoms with Crippen LogP contribution >= 0.6 is 0 Å². The van der Waals surface area contributed by atoms with Gasteiger partial charge in [-0.3, -0.25) is 9.48 Å². The Morgan fingerprint density at radius 1 is 1.03 bits per heavy atom.